The quantitative estimate of drug-likeness (QED) is 0.566. The highest BCUT2D eigenvalue weighted by molar-refractivity contribution is 5.75. The molecule has 2 saturated heterocycles. The normalized spacial score (nSPS) is 18.9. The van der Waals surface area contributed by atoms with Crippen LogP contribution in [0.2, 0.25) is 0 Å². The Hall–Kier alpha value is -2.79. The third kappa shape index (κ3) is 3.87. The summed E-state index contributed by atoms with van der Waals surface area (Å²) in [5, 5.41) is 11.4. The second-order valence-corrected chi connectivity index (χ2v) is 6.84. The molecule has 2 aromatic rings. The number of hydrogen-bond acceptors (Lipinski definition) is 7. The lowest BCUT2D eigenvalue weighted by atomic mass is 10.0. The molecular weight excluding hydrogens is 393 g/mol. The summed E-state index contributed by atoms with van der Waals surface area (Å²) in [6.07, 6.45) is -1.38. The number of nitro groups is 1. The Morgan fingerprint density at radius 3 is 2.45 bits per heavy atom. The zero-order chi connectivity index (χ0) is 20.6. The molecule has 0 bridgehead atoms. The third-order valence-corrected chi connectivity index (χ3v) is 5.09. The van der Waals surface area contributed by atoms with Crippen molar-refractivity contribution in [3.05, 3.63) is 46.4 Å². The van der Waals surface area contributed by atoms with Gasteiger partial charge in [0.1, 0.15) is 17.7 Å². The van der Waals surface area contributed by atoms with Crippen LogP contribution >= 0.6 is 0 Å². The molecule has 0 saturated carbocycles. The van der Waals surface area contributed by atoms with Gasteiger partial charge in [0.15, 0.2) is 5.79 Å². The van der Waals surface area contributed by atoms with E-state index in [-0.39, 0.29) is 16.8 Å². The predicted molar refractivity (Wildman–Crippen MR) is 95.2 cm³/mol. The molecule has 0 unspecified atom stereocenters. The van der Waals surface area contributed by atoms with Gasteiger partial charge in [0.25, 0.3) is 5.69 Å². The molecule has 0 amide bonds. The lowest BCUT2D eigenvalue weighted by Gasteiger charge is -2.38. The zero-order valence-electron chi connectivity index (χ0n) is 15.2. The predicted octanol–water partition coefficient (Wildman–Crippen LogP) is 3.41. The van der Waals surface area contributed by atoms with E-state index < -0.39 is 22.6 Å². The summed E-state index contributed by atoms with van der Waals surface area (Å²) < 4.78 is 50.4. The summed E-state index contributed by atoms with van der Waals surface area (Å²) in [4.78, 5) is 20.1. The maximum Gasteiger partial charge on any atom is 0.433 e. The Kier molecular flexibility index (Phi) is 4.87. The van der Waals surface area contributed by atoms with Crippen molar-refractivity contribution in [2.24, 2.45) is 0 Å². The van der Waals surface area contributed by atoms with Gasteiger partial charge in [0.2, 0.25) is 0 Å². The molecule has 0 N–H and O–H groups in total. The van der Waals surface area contributed by atoms with Crippen LogP contribution in [0.4, 0.5) is 24.7 Å². The number of ether oxygens (including phenoxy) is 2. The molecule has 154 valence electrons. The smallest absolute Gasteiger partial charge is 0.356 e. The van der Waals surface area contributed by atoms with E-state index in [9.17, 15) is 23.3 Å². The van der Waals surface area contributed by atoms with Crippen LogP contribution < -0.4 is 4.90 Å². The maximum absolute atomic E-state index is 13.0. The van der Waals surface area contributed by atoms with Gasteiger partial charge < -0.3 is 14.4 Å². The van der Waals surface area contributed by atoms with Crippen LogP contribution in [0.3, 0.4) is 0 Å². The van der Waals surface area contributed by atoms with Gasteiger partial charge in [-0.1, -0.05) is 0 Å². The Balaban J connectivity index is 1.66. The molecule has 0 radical (unpaired) electrons. The minimum atomic E-state index is -4.65. The van der Waals surface area contributed by atoms with Gasteiger partial charge >= 0.3 is 6.18 Å². The van der Waals surface area contributed by atoms with Crippen molar-refractivity contribution in [3.63, 3.8) is 0 Å². The Bertz CT molecular complexity index is 922. The van der Waals surface area contributed by atoms with Gasteiger partial charge in [-0.2, -0.15) is 13.2 Å². The van der Waals surface area contributed by atoms with Crippen LogP contribution in [0.5, 0.6) is 0 Å². The minimum absolute atomic E-state index is 0.0543. The molecular formula is C18H17F3N4O4. The number of aromatic nitrogens is 2. The largest absolute Gasteiger partial charge is 0.433 e. The third-order valence-electron chi connectivity index (χ3n) is 5.09. The number of hydrogen-bond donors (Lipinski definition) is 0. The van der Waals surface area contributed by atoms with Crippen LogP contribution in [0.1, 0.15) is 18.5 Å². The molecule has 4 heterocycles. The summed E-state index contributed by atoms with van der Waals surface area (Å²) in [5.74, 6) is -0.142. The van der Waals surface area contributed by atoms with Crippen LogP contribution in [0.15, 0.2) is 30.6 Å². The van der Waals surface area contributed by atoms with E-state index in [1.54, 1.807) is 0 Å². The first-order chi connectivity index (χ1) is 13.8. The zero-order valence-corrected chi connectivity index (χ0v) is 15.2. The Morgan fingerprint density at radius 2 is 1.83 bits per heavy atom. The molecule has 29 heavy (non-hydrogen) atoms. The lowest BCUT2D eigenvalue weighted by molar-refractivity contribution is -0.384. The standard InChI is InChI=1S/C18H17F3N4O4/c19-18(20,21)15-9-12(1-4-22-15)13-10-16(23-11-14(13)25(26)27)24-5-2-17(3-6-24)28-7-8-29-17/h1,4,9-11H,2-3,5-8H2. The average molecular weight is 410 g/mol. The highest BCUT2D eigenvalue weighted by atomic mass is 19.4. The second kappa shape index (κ2) is 7.23. The molecule has 1 spiro atoms. The van der Waals surface area contributed by atoms with E-state index in [1.165, 1.54) is 12.1 Å². The molecule has 0 aromatic carbocycles. The maximum atomic E-state index is 13.0. The summed E-state index contributed by atoms with van der Waals surface area (Å²) in [6, 6.07) is 3.56. The van der Waals surface area contributed by atoms with E-state index in [0.29, 0.717) is 45.0 Å². The summed E-state index contributed by atoms with van der Waals surface area (Å²) in [5.41, 5.74) is -1.37. The van der Waals surface area contributed by atoms with E-state index in [1.807, 2.05) is 4.90 Å². The van der Waals surface area contributed by atoms with Gasteiger partial charge in [0, 0.05) is 32.1 Å². The minimum Gasteiger partial charge on any atom is -0.356 e. The fraction of sp³-hybridized carbons (Fsp3) is 0.444. The van der Waals surface area contributed by atoms with Gasteiger partial charge in [-0.15, -0.1) is 0 Å². The fourth-order valence-electron chi connectivity index (χ4n) is 3.60. The topological polar surface area (TPSA) is 90.6 Å². The highest BCUT2D eigenvalue weighted by Gasteiger charge is 2.40. The number of piperidine rings is 1. The highest BCUT2D eigenvalue weighted by Crippen LogP contribution is 2.37. The van der Waals surface area contributed by atoms with E-state index >= 15 is 0 Å². The van der Waals surface area contributed by atoms with Crippen molar-refractivity contribution >= 4 is 11.5 Å². The van der Waals surface area contributed by atoms with Crippen molar-refractivity contribution < 1.29 is 27.6 Å². The van der Waals surface area contributed by atoms with Crippen molar-refractivity contribution in [2.45, 2.75) is 24.8 Å². The van der Waals surface area contributed by atoms with Gasteiger partial charge in [-0.3, -0.25) is 15.1 Å². The van der Waals surface area contributed by atoms with Crippen LogP contribution in [0.25, 0.3) is 11.1 Å². The number of anilines is 1. The van der Waals surface area contributed by atoms with Gasteiger partial charge in [0.05, 0.1) is 23.7 Å². The van der Waals surface area contributed by atoms with E-state index in [4.69, 9.17) is 9.47 Å². The first kappa shape index (κ1) is 19.5. The number of alkyl halides is 3. The first-order valence-corrected chi connectivity index (χ1v) is 8.98. The first-order valence-electron chi connectivity index (χ1n) is 8.98. The number of rotatable bonds is 3. The summed E-state index contributed by atoms with van der Waals surface area (Å²) in [6.45, 7) is 2.19. The average Bonchev–Trinajstić information content (AvgIpc) is 3.15. The monoisotopic (exact) mass is 410 g/mol. The number of pyridine rings is 2. The van der Waals surface area contributed by atoms with Crippen molar-refractivity contribution in [3.8, 4) is 11.1 Å². The molecule has 2 aliphatic heterocycles. The summed E-state index contributed by atoms with van der Waals surface area (Å²) >= 11 is 0. The molecule has 4 rings (SSSR count). The molecule has 11 heteroatoms. The van der Waals surface area contributed by atoms with E-state index in [0.717, 1.165) is 18.5 Å². The summed E-state index contributed by atoms with van der Waals surface area (Å²) in [7, 11) is 0. The fourth-order valence-corrected chi connectivity index (χ4v) is 3.60. The molecule has 0 atom stereocenters. The Morgan fingerprint density at radius 1 is 1.14 bits per heavy atom. The molecule has 2 aliphatic rings. The lowest BCUT2D eigenvalue weighted by Crippen LogP contribution is -2.45. The van der Waals surface area contributed by atoms with E-state index in [2.05, 4.69) is 9.97 Å². The van der Waals surface area contributed by atoms with Crippen LogP contribution in [-0.4, -0.2) is 47.0 Å². The van der Waals surface area contributed by atoms with Crippen molar-refractivity contribution in [1.29, 1.82) is 0 Å². The van der Waals surface area contributed by atoms with Crippen LogP contribution in [-0.2, 0) is 15.7 Å². The number of nitrogens with zero attached hydrogens (tertiary/aromatic N) is 4. The number of halogens is 3. The molecule has 2 fully saturated rings. The van der Waals surface area contributed by atoms with Gasteiger partial charge in [-0.25, -0.2) is 4.98 Å². The molecule has 8 nitrogen and oxygen atoms in total. The van der Waals surface area contributed by atoms with Crippen molar-refractivity contribution in [1.82, 2.24) is 9.97 Å². The SMILES string of the molecule is O=[N+]([O-])c1cnc(N2CCC3(CC2)OCCO3)cc1-c1ccnc(C(F)(F)F)c1. The van der Waals surface area contributed by atoms with Crippen molar-refractivity contribution in [2.75, 3.05) is 31.2 Å². The molecule has 0 aliphatic carbocycles. The Labute approximate surface area is 163 Å². The van der Waals surface area contributed by atoms with Gasteiger partial charge in [-0.05, 0) is 23.8 Å². The second-order valence-electron chi connectivity index (χ2n) is 6.84. The molecule has 2 aromatic heterocycles. The van der Waals surface area contributed by atoms with Crippen LogP contribution in [0, 0.1) is 10.1 Å².